The Morgan fingerprint density at radius 3 is 2.14 bits per heavy atom. The van der Waals surface area contributed by atoms with Crippen molar-refractivity contribution in [1.29, 1.82) is 0 Å². The molecule has 1 amide bonds. The van der Waals surface area contributed by atoms with E-state index in [1.54, 1.807) is 40.4 Å². The SMILES string of the molecule is COc1ccc(CC[C@H](c2cccc(OCCN3CCOCC3)c2)[C@]2(C(=O)O)CCCCN2C(=O)[C@H](c2cc(OC)c(OC)c(OC)c2)C2CCCCC2)cc1OC. The smallest absolute Gasteiger partial charge is 0.330 e. The van der Waals surface area contributed by atoms with E-state index < -0.39 is 23.3 Å². The summed E-state index contributed by atoms with van der Waals surface area (Å²) in [6.45, 7) is 4.75. The maximum Gasteiger partial charge on any atom is 0.330 e. The van der Waals surface area contributed by atoms with Gasteiger partial charge in [0.15, 0.2) is 23.0 Å². The fourth-order valence-corrected chi connectivity index (χ4v) is 9.54. The molecular weight excluding hydrogens is 741 g/mol. The van der Waals surface area contributed by atoms with Crippen molar-refractivity contribution in [2.45, 2.75) is 81.6 Å². The van der Waals surface area contributed by atoms with Crippen LogP contribution in [0.5, 0.6) is 34.5 Å². The lowest BCUT2D eigenvalue weighted by Gasteiger charge is -2.50. The molecule has 2 aliphatic heterocycles. The number of aryl methyl sites for hydroxylation is 1. The monoisotopic (exact) mass is 802 g/mol. The van der Waals surface area contributed by atoms with Crippen molar-refractivity contribution < 1.29 is 47.9 Å². The molecule has 3 fully saturated rings. The van der Waals surface area contributed by atoms with Gasteiger partial charge in [-0.1, -0.05) is 37.5 Å². The molecule has 316 valence electrons. The van der Waals surface area contributed by atoms with E-state index in [2.05, 4.69) is 4.90 Å². The van der Waals surface area contributed by atoms with Crippen molar-refractivity contribution >= 4 is 11.9 Å². The van der Waals surface area contributed by atoms with Crippen LogP contribution < -0.4 is 28.4 Å². The number of benzene rings is 3. The Balaban J connectivity index is 1.42. The minimum Gasteiger partial charge on any atom is -0.493 e. The molecule has 2 saturated heterocycles. The lowest BCUT2D eigenvalue weighted by atomic mass is 9.68. The van der Waals surface area contributed by atoms with E-state index in [9.17, 15) is 9.90 Å². The van der Waals surface area contributed by atoms with Crippen LogP contribution in [0.2, 0.25) is 0 Å². The Morgan fingerprint density at radius 2 is 1.48 bits per heavy atom. The van der Waals surface area contributed by atoms with Gasteiger partial charge in [0.25, 0.3) is 0 Å². The average molecular weight is 803 g/mol. The number of ether oxygens (including phenoxy) is 7. The lowest BCUT2D eigenvalue weighted by Crippen LogP contribution is -2.63. The first-order valence-corrected chi connectivity index (χ1v) is 20.9. The highest BCUT2D eigenvalue weighted by molar-refractivity contribution is 5.92. The van der Waals surface area contributed by atoms with Gasteiger partial charge in [-0.3, -0.25) is 9.69 Å². The second-order valence-electron chi connectivity index (χ2n) is 15.7. The highest BCUT2D eigenvalue weighted by Crippen LogP contribution is 2.49. The molecule has 6 rings (SSSR count). The molecule has 0 bridgehead atoms. The number of hydrogen-bond acceptors (Lipinski definition) is 10. The first-order valence-electron chi connectivity index (χ1n) is 20.9. The zero-order chi connectivity index (χ0) is 41.1. The zero-order valence-corrected chi connectivity index (χ0v) is 35.0. The number of carboxylic acid groups (broad SMARTS) is 1. The summed E-state index contributed by atoms with van der Waals surface area (Å²) in [7, 11) is 7.92. The van der Waals surface area contributed by atoms with E-state index in [1.165, 1.54) is 0 Å². The highest BCUT2D eigenvalue weighted by atomic mass is 16.5. The fourth-order valence-electron chi connectivity index (χ4n) is 9.54. The molecule has 1 saturated carbocycles. The summed E-state index contributed by atoms with van der Waals surface area (Å²) >= 11 is 0. The Hall–Kier alpha value is -4.68. The Labute approximate surface area is 343 Å². The minimum atomic E-state index is -1.54. The Morgan fingerprint density at radius 1 is 0.776 bits per heavy atom. The van der Waals surface area contributed by atoms with Gasteiger partial charge in [-0.05, 0) is 104 Å². The van der Waals surface area contributed by atoms with Crippen LogP contribution in [0.4, 0.5) is 0 Å². The van der Waals surface area contributed by atoms with Gasteiger partial charge < -0.3 is 43.2 Å². The molecule has 2 heterocycles. The van der Waals surface area contributed by atoms with Gasteiger partial charge in [0.1, 0.15) is 17.9 Å². The van der Waals surface area contributed by atoms with Gasteiger partial charge in [-0.15, -0.1) is 0 Å². The van der Waals surface area contributed by atoms with Crippen LogP contribution in [0.25, 0.3) is 0 Å². The zero-order valence-electron chi connectivity index (χ0n) is 35.0. The average Bonchev–Trinajstić information content (AvgIpc) is 3.26. The summed E-state index contributed by atoms with van der Waals surface area (Å²) < 4.78 is 40.2. The summed E-state index contributed by atoms with van der Waals surface area (Å²) in [6.07, 6.45) is 7.57. The summed E-state index contributed by atoms with van der Waals surface area (Å²) in [6, 6.07) is 17.4. The van der Waals surface area contributed by atoms with Crippen molar-refractivity contribution in [2.75, 3.05) is 81.5 Å². The number of carbonyl (C=O) groups is 2. The topological polar surface area (TPSA) is 125 Å². The fraction of sp³-hybridized carbons (Fsp3) is 0.565. The molecule has 1 N–H and O–H groups in total. The van der Waals surface area contributed by atoms with E-state index in [0.29, 0.717) is 93.0 Å². The minimum absolute atomic E-state index is 0.0193. The summed E-state index contributed by atoms with van der Waals surface area (Å²) in [5, 5.41) is 11.7. The molecule has 58 heavy (non-hydrogen) atoms. The van der Waals surface area contributed by atoms with Crippen LogP contribution in [0, 0.1) is 5.92 Å². The van der Waals surface area contributed by atoms with Crippen molar-refractivity contribution in [3.05, 3.63) is 71.3 Å². The number of morpholine rings is 1. The third kappa shape index (κ3) is 9.44. The standard InChI is InChI=1S/C46H62N2O10/c1-52-38-19-17-32(28-39(38)53-2)16-18-37(34-14-11-15-36(29-34)58-27-24-47-22-25-57-26-23-47)46(45(50)51)20-9-10-21-48(46)44(49)42(33-12-7-6-8-13-33)35-30-40(54-3)43(56-5)41(31-35)55-4/h11,14-15,17,19,28-31,33,37,42H,6-10,12-13,16,18,20-27H2,1-5H3,(H,50,51)/t37-,42+,46+/m1/s1. The van der Waals surface area contributed by atoms with Gasteiger partial charge in [0.2, 0.25) is 11.7 Å². The molecule has 3 aromatic carbocycles. The number of amides is 1. The van der Waals surface area contributed by atoms with E-state index in [-0.39, 0.29) is 11.8 Å². The second-order valence-corrected chi connectivity index (χ2v) is 15.7. The molecule has 0 aromatic heterocycles. The van der Waals surface area contributed by atoms with Gasteiger partial charge in [-0.25, -0.2) is 4.79 Å². The molecule has 3 atom stereocenters. The molecular formula is C46H62N2O10. The van der Waals surface area contributed by atoms with Crippen molar-refractivity contribution in [2.24, 2.45) is 5.92 Å². The number of hydrogen-bond donors (Lipinski definition) is 1. The number of rotatable bonds is 18. The van der Waals surface area contributed by atoms with Crippen LogP contribution in [0.3, 0.4) is 0 Å². The van der Waals surface area contributed by atoms with E-state index >= 15 is 4.79 Å². The van der Waals surface area contributed by atoms with E-state index in [0.717, 1.165) is 68.4 Å². The Bertz CT molecular complexity index is 1800. The van der Waals surface area contributed by atoms with Crippen LogP contribution in [0.15, 0.2) is 54.6 Å². The molecule has 3 aliphatic rings. The predicted molar refractivity (Wildman–Crippen MR) is 221 cm³/mol. The van der Waals surface area contributed by atoms with Gasteiger partial charge in [0.05, 0.1) is 54.7 Å². The summed E-state index contributed by atoms with van der Waals surface area (Å²) in [4.78, 5) is 34.1. The van der Waals surface area contributed by atoms with E-state index in [1.807, 2.05) is 54.6 Å². The molecule has 0 unspecified atom stereocenters. The molecule has 1 aliphatic carbocycles. The normalized spacial score (nSPS) is 20.1. The van der Waals surface area contributed by atoms with Crippen molar-refractivity contribution in [3.8, 4) is 34.5 Å². The number of carboxylic acids is 1. The summed E-state index contributed by atoms with van der Waals surface area (Å²) in [5.41, 5.74) is 1.01. The molecule has 3 aromatic rings. The van der Waals surface area contributed by atoms with Crippen LogP contribution in [-0.4, -0.2) is 114 Å². The molecule has 0 spiro atoms. The number of nitrogens with zero attached hydrogens (tertiary/aromatic N) is 2. The van der Waals surface area contributed by atoms with E-state index in [4.69, 9.17) is 33.2 Å². The van der Waals surface area contributed by atoms with Gasteiger partial charge in [-0.2, -0.15) is 0 Å². The van der Waals surface area contributed by atoms with Crippen molar-refractivity contribution in [1.82, 2.24) is 9.80 Å². The molecule has 12 heteroatoms. The maximum atomic E-state index is 15.7. The lowest BCUT2D eigenvalue weighted by molar-refractivity contribution is -0.166. The number of carbonyl (C=O) groups excluding carboxylic acids is 1. The third-order valence-corrected chi connectivity index (χ3v) is 12.5. The predicted octanol–water partition coefficient (Wildman–Crippen LogP) is 7.36. The largest absolute Gasteiger partial charge is 0.493 e. The van der Waals surface area contributed by atoms with Gasteiger partial charge in [0, 0.05) is 32.1 Å². The molecule has 12 nitrogen and oxygen atoms in total. The van der Waals surface area contributed by atoms with Gasteiger partial charge >= 0.3 is 5.97 Å². The quantitative estimate of drug-likeness (QED) is 0.139. The highest BCUT2D eigenvalue weighted by Gasteiger charge is 2.55. The number of piperidine rings is 1. The first-order chi connectivity index (χ1) is 28.3. The van der Waals surface area contributed by atoms with Crippen LogP contribution in [0.1, 0.15) is 86.3 Å². The maximum absolute atomic E-state index is 15.7. The first kappa shape index (κ1) is 42.9. The van der Waals surface area contributed by atoms with Crippen molar-refractivity contribution in [3.63, 3.8) is 0 Å². The summed E-state index contributed by atoms with van der Waals surface area (Å²) in [5.74, 6) is 0.957. The number of aliphatic carboxylic acids is 1. The van der Waals surface area contributed by atoms with Crippen LogP contribution in [-0.2, 0) is 20.7 Å². The molecule has 0 radical (unpaired) electrons. The number of methoxy groups -OCH3 is 5. The Kier molecular flexibility index (Phi) is 15.0. The second kappa shape index (κ2) is 20.3. The van der Waals surface area contributed by atoms with Crippen LogP contribution >= 0.6 is 0 Å². The number of likely N-dealkylation sites (tertiary alicyclic amines) is 1. The third-order valence-electron chi connectivity index (χ3n) is 12.5.